The molecule has 0 radical (unpaired) electrons. The summed E-state index contributed by atoms with van der Waals surface area (Å²) in [7, 11) is 0. The van der Waals surface area contributed by atoms with E-state index >= 15 is 0 Å². The number of pyridine rings is 1. The third-order valence-electron chi connectivity index (χ3n) is 2.52. The second kappa shape index (κ2) is 6.67. The highest BCUT2D eigenvalue weighted by Gasteiger charge is 2.06. The van der Waals surface area contributed by atoms with Gasteiger partial charge in [-0.1, -0.05) is 18.3 Å². The third-order valence-corrected chi connectivity index (χ3v) is 2.64. The number of hydrogen-bond donors (Lipinski definition) is 3. The third kappa shape index (κ3) is 4.43. The predicted molar refractivity (Wildman–Crippen MR) is 83.7 cm³/mol. The van der Waals surface area contributed by atoms with E-state index in [1.807, 2.05) is 0 Å². The summed E-state index contributed by atoms with van der Waals surface area (Å²) < 4.78 is 5.35. The number of benzene rings is 1. The van der Waals surface area contributed by atoms with Crippen molar-refractivity contribution in [2.75, 3.05) is 11.9 Å². The van der Waals surface area contributed by atoms with Gasteiger partial charge in [-0.2, -0.15) is 0 Å². The minimum Gasteiger partial charge on any atom is -0.486 e. The van der Waals surface area contributed by atoms with Gasteiger partial charge >= 0.3 is 0 Å². The van der Waals surface area contributed by atoms with Gasteiger partial charge < -0.3 is 20.8 Å². The van der Waals surface area contributed by atoms with E-state index in [0.717, 1.165) is 0 Å². The van der Waals surface area contributed by atoms with Crippen LogP contribution in [-0.2, 0) is 0 Å². The van der Waals surface area contributed by atoms with Crippen LogP contribution in [0.2, 0.25) is 0 Å². The highest BCUT2D eigenvalue weighted by molar-refractivity contribution is 7.80. The van der Waals surface area contributed by atoms with Crippen molar-refractivity contribution in [3.63, 3.8) is 0 Å². The number of aromatic nitrogens is 1. The number of H-pyrrole nitrogens is 1. The Kier molecular flexibility index (Phi) is 4.68. The number of carbonyl (C=O) groups excluding carboxylic acids is 1. The van der Waals surface area contributed by atoms with E-state index < -0.39 is 0 Å². The molecule has 0 atom stereocenters. The number of carbonyl (C=O) groups is 1. The number of nitrogens with two attached hydrogens (primary N) is 1. The molecular formula is C14H13N3O3S. The van der Waals surface area contributed by atoms with Gasteiger partial charge in [0.15, 0.2) is 0 Å². The monoisotopic (exact) mass is 303 g/mol. The fraction of sp³-hybridized carbons (Fsp3) is 0.0714. The van der Waals surface area contributed by atoms with Crippen LogP contribution in [0.15, 0.2) is 47.4 Å². The summed E-state index contributed by atoms with van der Waals surface area (Å²) in [5, 5.41) is 2.70. The first-order valence-electron chi connectivity index (χ1n) is 6.06. The molecule has 2 aromatic rings. The fourth-order valence-electron chi connectivity index (χ4n) is 1.57. The van der Waals surface area contributed by atoms with Crippen molar-refractivity contribution in [3.8, 4) is 5.75 Å². The molecule has 1 aromatic heterocycles. The number of ether oxygens (including phenoxy) is 1. The van der Waals surface area contributed by atoms with Gasteiger partial charge in [-0.15, -0.1) is 0 Å². The maximum Gasteiger partial charge on any atom is 0.257 e. The zero-order valence-electron chi connectivity index (χ0n) is 11.0. The number of anilines is 1. The normalized spacial score (nSPS) is 9.90. The number of nitrogens with one attached hydrogen (secondary N) is 2. The average Bonchev–Trinajstić information content (AvgIpc) is 2.46. The van der Waals surface area contributed by atoms with E-state index in [4.69, 9.17) is 22.7 Å². The first-order valence-corrected chi connectivity index (χ1v) is 6.47. The summed E-state index contributed by atoms with van der Waals surface area (Å²) in [5.41, 5.74) is 6.00. The maximum atomic E-state index is 12.0. The zero-order valence-corrected chi connectivity index (χ0v) is 11.8. The van der Waals surface area contributed by atoms with E-state index in [0.29, 0.717) is 17.0 Å². The smallest absolute Gasteiger partial charge is 0.257 e. The van der Waals surface area contributed by atoms with Crippen molar-refractivity contribution in [1.29, 1.82) is 0 Å². The summed E-state index contributed by atoms with van der Waals surface area (Å²) >= 11 is 4.73. The Bertz CT molecular complexity index is 707. The number of aromatic amines is 1. The Morgan fingerprint density at radius 2 is 2.14 bits per heavy atom. The van der Waals surface area contributed by atoms with Crippen LogP contribution < -0.4 is 21.3 Å². The van der Waals surface area contributed by atoms with Gasteiger partial charge in [-0.3, -0.25) is 9.59 Å². The Labute approximate surface area is 125 Å². The maximum absolute atomic E-state index is 12.0. The largest absolute Gasteiger partial charge is 0.486 e. The molecule has 0 saturated carbocycles. The lowest BCUT2D eigenvalue weighted by Crippen LogP contribution is -2.18. The lowest BCUT2D eigenvalue weighted by Gasteiger charge is -2.08. The van der Waals surface area contributed by atoms with Crippen LogP contribution in [-0.4, -0.2) is 22.5 Å². The fourth-order valence-corrected chi connectivity index (χ4v) is 1.63. The van der Waals surface area contributed by atoms with Gasteiger partial charge in [0, 0.05) is 24.0 Å². The molecular weight excluding hydrogens is 290 g/mol. The van der Waals surface area contributed by atoms with E-state index in [1.165, 1.54) is 18.3 Å². The van der Waals surface area contributed by atoms with Crippen LogP contribution in [0.4, 0.5) is 5.69 Å². The molecule has 0 saturated heterocycles. The molecule has 108 valence electrons. The Hall–Kier alpha value is -2.67. The van der Waals surface area contributed by atoms with Crippen molar-refractivity contribution in [2.24, 2.45) is 5.73 Å². The van der Waals surface area contributed by atoms with Crippen LogP contribution in [0.25, 0.3) is 0 Å². The van der Waals surface area contributed by atoms with E-state index in [1.54, 1.807) is 24.3 Å². The standard InChI is InChI=1S/C14H13N3O3S/c15-12(21)8-20-11-3-1-2-10(6-11)17-14(19)9-4-5-13(18)16-7-9/h1-7H,8H2,(H2,15,21)(H,16,18)(H,17,19). The molecule has 21 heavy (non-hydrogen) atoms. The van der Waals surface area contributed by atoms with Crippen LogP contribution in [0.3, 0.4) is 0 Å². The van der Waals surface area contributed by atoms with E-state index in [-0.39, 0.29) is 23.1 Å². The minimum absolute atomic E-state index is 0.132. The van der Waals surface area contributed by atoms with Crippen molar-refractivity contribution >= 4 is 28.8 Å². The molecule has 1 heterocycles. The first-order chi connectivity index (χ1) is 10.0. The second-order valence-electron chi connectivity index (χ2n) is 4.18. The summed E-state index contributed by atoms with van der Waals surface area (Å²) in [6.07, 6.45) is 1.35. The van der Waals surface area contributed by atoms with Gasteiger partial charge in [0.05, 0.1) is 5.56 Å². The lowest BCUT2D eigenvalue weighted by molar-refractivity contribution is 0.102. The van der Waals surface area contributed by atoms with Crippen molar-refractivity contribution in [2.45, 2.75) is 0 Å². The van der Waals surface area contributed by atoms with Crippen LogP contribution in [0, 0.1) is 0 Å². The molecule has 0 aliphatic heterocycles. The number of hydrogen-bond acceptors (Lipinski definition) is 4. The van der Waals surface area contributed by atoms with Gasteiger partial charge in [0.2, 0.25) is 5.56 Å². The van der Waals surface area contributed by atoms with Crippen LogP contribution in [0.1, 0.15) is 10.4 Å². The SMILES string of the molecule is NC(=S)COc1cccc(NC(=O)c2ccc(=O)[nH]c2)c1. The number of amides is 1. The topological polar surface area (TPSA) is 97.2 Å². The zero-order chi connectivity index (χ0) is 15.2. The highest BCUT2D eigenvalue weighted by atomic mass is 32.1. The summed E-state index contributed by atoms with van der Waals surface area (Å²) in [6.45, 7) is 0.132. The van der Waals surface area contributed by atoms with Gasteiger partial charge in [-0.25, -0.2) is 0 Å². The highest BCUT2D eigenvalue weighted by Crippen LogP contribution is 2.17. The second-order valence-corrected chi connectivity index (χ2v) is 4.70. The molecule has 7 heteroatoms. The van der Waals surface area contributed by atoms with Gasteiger partial charge in [-0.05, 0) is 18.2 Å². The Morgan fingerprint density at radius 1 is 1.33 bits per heavy atom. The van der Waals surface area contributed by atoms with Gasteiger partial charge in [0.1, 0.15) is 17.3 Å². The average molecular weight is 303 g/mol. The molecule has 0 aliphatic rings. The molecule has 0 aliphatic carbocycles. The molecule has 1 aromatic carbocycles. The van der Waals surface area contributed by atoms with E-state index in [2.05, 4.69) is 10.3 Å². The van der Waals surface area contributed by atoms with Crippen molar-refractivity contribution in [1.82, 2.24) is 4.98 Å². The first kappa shape index (κ1) is 14.7. The summed E-state index contributed by atoms with van der Waals surface area (Å²) in [5.74, 6) is 0.208. The molecule has 0 fully saturated rings. The summed E-state index contributed by atoms with van der Waals surface area (Å²) in [4.78, 5) is 25.6. The molecule has 4 N–H and O–H groups in total. The molecule has 6 nitrogen and oxygen atoms in total. The van der Waals surface area contributed by atoms with E-state index in [9.17, 15) is 9.59 Å². The molecule has 1 amide bonds. The minimum atomic E-state index is -0.335. The molecule has 0 unspecified atom stereocenters. The van der Waals surface area contributed by atoms with Crippen molar-refractivity contribution < 1.29 is 9.53 Å². The molecule has 2 rings (SSSR count). The summed E-state index contributed by atoms with van der Waals surface area (Å²) in [6, 6.07) is 9.57. The molecule has 0 bridgehead atoms. The Balaban J connectivity index is 2.06. The quantitative estimate of drug-likeness (QED) is 0.723. The Morgan fingerprint density at radius 3 is 2.81 bits per heavy atom. The molecule has 0 spiro atoms. The van der Waals surface area contributed by atoms with Crippen LogP contribution in [0.5, 0.6) is 5.75 Å². The van der Waals surface area contributed by atoms with Gasteiger partial charge in [0.25, 0.3) is 5.91 Å². The number of thiocarbonyl (C=S) groups is 1. The predicted octanol–water partition coefficient (Wildman–Crippen LogP) is 1.29. The van der Waals surface area contributed by atoms with Crippen LogP contribution >= 0.6 is 12.2 Å². The number of rotatable bonds is 5. The van der Waals surface area contributed by atoms with Crippen molar-refractivity contribution in [3.05, 3.63) is 58.5 Å². The lowest BCUT2D eigenvalue weighted by atomic mass is 10.2.